The van der Waals surface area contributed by atoms with Crippen molar-refractivity contribution in [3.05, 3.63) is 35.9 Å². The molecular formula is C22H33IN6O2. The molecule has 1 saturated carbocycles. The van der Waals surface area contributed by atoms with Crippen LogP contribution in [-0.2, 0) is 18.4 Å². The lowest BCUT2D eigenvalue weighted by Gasteiger charge is -2.32. The van der Waals surface area contributed by atoms with E-state index in [1.165, 1.54) is 18.4 Å². The van der Waals surface area contributed by atoms with E-state index in [0.29, 0.717) is 13.2 Å². The number of nitrogens with zero attached hydrogens (tertiary/aromatic N) is 4. The Morgan fingerprint density at radius 3 is 2.68 bits per heavy atom. The topological polar surface area (TPSA) is 85.6 Å². The van der Waals surface area contributed by atoms with Gasteiger partial charge in [-0.25, -0.2) is 0 Å². The standard InChI is InChI=1S/C22H32N6O2.HI/c1-3-20-27-26-16-28(20)11-10-24-21(23-2)25-15-22(8-4-5-9-22)17-6-7-18-19(14-17)30-13-12-29-18;/h6-7,14,16H,3-5,8-13,15H2,1-2H3,(H2,23,24,25);1H. The van der Waals surface area contributed by atoms with E-state index >= 15 is 0 Å². The minimum atomic E-state index is 0. The molecule has 1 aliphatic carbocycles. The van der Waals surface area contributed by atoms with Crippen LogP contribution in [0.2, 0.25) is 0 Å². The van der Waals surface area contributed by atoms with Crippen molar-refractivity contribution in [2.45, 2.75) is 51.0 Å². The molecule has 2 aliphatic rings. The zero-order valence-electron chi connectivity index (χ0n) is 18.4. The monoisotopic (exact) mass is 540 g/mol. The Kier molecular flexibility index (Phi) is 8.39. The van der Waals surface area contributed by atoms with Crippen molar-refractivity contribution in [3.63, 3.8) is 0 Å². The van der Waals surface area contributed by atoms with Gasteiger partial charge in [-0.2, -0.15) is 0 Å². The van der Waals surface area contributed by atoms with E-state index in [-0.39, 0.29) is 29.4 Å². The van der Waals surface area contributed by atoms with Crippen LogP contribution in [0.5, 0.6) is 11.5 Å². The summed E-state index contributed by atoms with van der Waals surface area (Å²) in [5.74, 6) is 3.55. The van der Waals surface area contributed by atoms with Gasteiger partial charge in [0.15, 0.2) is 17.5 Å². The third-order valence-corrected chi connectivity index (χ3v) is 6.19. The Hall–Kier alpha value is -2.04. The lowest BCUT2D eigenvalue weighted by molar-refractivity contribution is 0.171. The van der Waals surface area contributed by atoms with Crippen LogP contribution in [0.3, 0.4) is 0 Å². The minimum Gasteiger partial charge on any atom is -0.486 e. The molecule has 2 heterocycles. The third kappa shape index (κ3) is 5.42. The number of halogens is 1. The smallest absolute Gasteiger partial charge is 0.191 e. The summed E-state index contributed by atoms with van der Waals surface area (Å²) in [6, 6.07) is 6.44. The molecule has 0 atom stereocenters. The van der Waals surface area contributed by atoms with Gasteiger partial charge < -0.3 is 24.7 Å². The largest absolute Gasteiger partial charge is 0.486 e. The van der Waals surface area contributed by atoms with Gasteiger partial charge in [-0.1, -0.05) is 25.8 Å². The van der Waals surface area contributed by atoms with E-state index in [1.54, 1.807) is 6.33 Å². The average molecular weight is 540 g/mol. The van der Waals surface area contributed by atoms with Crippen LogP contribution in [0.1, 0.15) is 44.0 Å². The SMILES string of the molecule is CCc1nncn1CCNC(=NC)NCC1(c2ccc3c(c2)OCCO3)CCCC1.I. The number of rotatable bonds is 7. The summed E-state index contributed by atoms with van der Waals surface area (Å²) in [6.07, 6.45) is 7.48. The van der Waals surface area contributed by atoms with Gasteiger partial charge in [0.05, 0.1) is 0 Å². The Bertz CT molecular complexity index is 879. The zero-order chi connectivity index (χ0) is 20.8. The van der Waals surface area contributed by atoms with Gasteiger partial charge in [-0.3, -0.25) is 4.99 Å². The number of ether oxygens (including phenoxy) is 2. The number of hydrogen-bond acceptors (Lipinski definition) is 5. The highest BCUT2D eigenvalue weighted by molar-refractivity contribution is 14.0. The van der Waals surface area contributed by atoms with Crippen LogP contribution >= 0.6 is 24.0 Å². The van der Waals surface area contributed by atoms with Crippen LogP contribution in [0.25, 0.3) is 0 Å². The highest BCUT2D eigenvalue weighted by Gasteiger charge is 2.36. The van der Waals surface area contributed by atoms with E-state index in [1.807, 2.05) is 7.05 Å². The Morgan fingerprint density at radius 1 is 1.16 bits per heavy atom. The second-order valence-electron chi connectivity index (χ2n) is 7.99. The molecule has 8 nitrogen and oxygen atoms in total. The van der Waals surface area contributed by atoms with Crippen molar-refractivity contribution in [1.29, 1.82) is 0 Å². The molecule has 4 rings (SSSR count). The third-order valence-electron chi connectivity index (χ3n) is 6.19. The van der Waals surface area contributed by atoms with Crippen molar-refractivity contribution in [2.75, 3.05) is 33.4 Å². The maximum Gasteiger partial charge on any atom is 0.191 e. The first-order valence-corrected chi connectivity index (χ1v) is 11.0. The van der Waals surface area contributed by atoms with Crippen LogP contribution in [0.4, 0.5) is 0 Å². The summed E-state index contributed by atoms with van der Waals surface area (Å²) in [5, 5.41) is 15.1. The number of fused-ring (bicyclic) bond motifs is 1. The molecule has 0 bridgehead atoms. The summed E-state index contributed by atoms with van der Waals surface area (Å²) in [7, 11) is 1.82. The molecule has 0 saturated heterocycles. The number of guanidine groups is 1. The lowest BCUT2D eigenvalue weighted by Crippen LogP contribution is -2.45. The lowest BCUT2D eigenvalue weighted by atomic mass is 9.78. The predicted molar refractivity (Wildman–Crippen MR) is 132 cm³/mol. The Morgan fingerprint density at radius 2 is 1.94 bits per heavy atom. The van der Waals surface area contributed by atoms with Crippen molar-refractivity contribution in [3.8, 4) is 11.5 Å². The molecule has 9 heteroatoms. The summed E-state index contributed by atoms with van der Waals surface area (Å²) in [4.78, 5) is 4.41. The second kappa shape index (κ2) is 11.0. The van der Waals surface area contributed by atoms with E-state index in [0.717, 1.165) is 62.2 Å². The molecule has 1 aromatic carbocycles. The average Bonchev–Trinajstić information content (AvgIpc) is 3.46. The van der Waals surface area contributed by atoms with E-state index in [2.05, 4.69) is 55.5 Å². The molecule has 170 valence electrons. The molecule has 2 aromatic rings. The zero-order valence-corrected chi connectivity index (χ0v) is 20.7. The van der Waals surface area contributed by atoms with E-state index < -0.39 is 0 Å². The van der Waals surface area contributed by atoms with Gasteiger partial charge in [-0.15, -0.1) is 34.2 Å². The molecule has 1 aliphatic heterocycles. The Labute approximate surface area is 201 Å². The summed E-state index contributed by atoms with van der Waals surface area (Å²) >= 11 is 0. The summed E-state index contributed by atoms with van der Waals surface area (Å²) in [5.41, 5.74) is 1.42. The molecule has 0 spiro atoms. The molecule has 0 unspecified atom stereocenters. The van der Waals surface area contributed by atoms with Gasteiger partial charge >= 0.3 is 0 Å². The fourth-order valence-electron chi connectivity index (χ4n) is 4.50. The highest BCUT2D eigenvalue weighted by Crippen LogP contribution is 2.43. The van der Waals surface area contributed by atoms with Gasteiger partial charge in [-0.05, 0) is 30.5 Å². The predicted octanol–water partition coefficient (Wildman–Crippen LogP) is 2.91. The van der Waals surface area contributed by atoms with Gasteiger partial charge in [0.1, 0.15) is 25.4 Å². The van der Waals surface area contributed by atoms with Crippen molar-refractivity contribution < 1.29 is 9.47 Å². The van der Waals surface area contributed by atoms with Gasteiger partial charge in [0.2, 0.25) is 0 Å². The van der Waals surface area contributed by atoms with Crippen LogP contribution in [-0.4, -0.2) is 54.1 Å². The number of hydrogen-bond donors (Lipinski definition) is 2. The maximum absolute atomic E-state index is 5.83. The molecule has 1 fully saturated rings. The van der Waals surface area contributed by atoms with Gasteiger partial charge in [0.25, 0.3) is 0 Å². The Balaban J connectivity index is 0.00000272. The first-order valence-electron chi connectivity index (χ1n) is 11.0. The number of aromatic nitrogens is 3. The fourth-order valence-corrected chi connectivity index (χ4v) is 4.50. The molecule has 0 amide bonds. The molecule has 0 radical (unpaired) electrons. The van der Waals surface area contributed by atoms with E-state index in [9.17, 15) is 0 Å². The fraction of sp³-hybridized carbons (Fsp3) is 0.591. The first kappa shape index (κ1) is 23.6. The van der Waals surface area contributed by atoms with Crippen molar-refractivity contribution in [2.24, 2.45) is 4.99 Å². The molecule has 2 N–H and O–H groups in total. The number of aryl methyl sites for hydroxylation is 1. The summed E-state index contributed by atoms with van der Waals surface area (Å²) in [6.45, 7) is 5.75. The number of aliphatic imine (C=N–C) groups is 1. The summed E-state index contributed by atoms with van der Waals surface area (Å²) < 4.78 is 13.6. The molecule has 31 heavy (non-hydrogen) atoms. The van der Waals surface area contributed by atoms with Crippen LogP contribution < -0.4 is 20.1 Å². The van der Waals surface area contributed by atoms with Gasteiger partial charge in [0, 0.05) is 38.5 Å². The maximum atomic E-state index is 5.83. The number of nitrogens with one attached hydrogen (secondary N) is 2. The van der Waals surface area contributed by atoms with Crippen LogP contribution in [0.15, 0.2) is 29.5 Å². The quantitative estimate of drug-likeness (QED) is 0.319. The molecular weight excluding hydrogens is 507 g/mol. The van der Waals surface area contributed by atoms with E-state index in [4.69, 9.17) is 9.47 Å². The van der Waals surface area contributed by atoms with Crippen molar-refractivity contribution >= 4 is 29.9 Å². The van der Waals surface area contributed by atoms with Crippen molar-refractivity contribution in [1.82, 2.24) is 25.4 Å². The normalized spacial score (nSPS) is 17.2. The first-order chi connectivity index (χ1) is 14.7. The van der Waals surface area contributed by atoms with Crippen LogP contribution in [0, 0.1) is 0 Å². The minimum absolute atomic E-state index is 0. The number of benzene rings is 1. The second-order valence-corrected chi connectivity index (χ2v) is 7.99. The highest BCUT2D eigenvalue weighted by atomic mass is 127. The molecule has 1 aromatic heterocycles.